The third-order valence-electron chi connectivity index (χ3n) is 3.51. The quantitative estimate of drug-likeness (QED) is 0.782. The lowest BCUT2D eigenvalue weighted by Crippen LogP contribution is -2.36. The molecule has 0 aliphatic carbocycles. The van der Waals surface area contributed by atoms with Crippen molar-refractivity contribution >= 4 is 11.6 Å². The van der Waals surface area contributed by atoms with Crippen molar-refractivity contribution in [3.8, 4) is 5.75 Å². The second-order valence-electron chi connectivity index (χ2n) is 5.25. The first-order valence-electron chi connectivity index (χ1n) is 7.52. The van der Waals surface area contributed by atoms with Crippen LogP contribution in [-0.2, 0) is 9.53 Å². The van der Waals surface area contributed by atoms with Crippen LogP contribution in [0.4, 0.5) is 5.69 Å². The summed E-state index contributed by atoms with van der Waals surface area (Å²) in [5, 5.41) is 2.92. The van der Waals surface area contributed by atoms with E-state index >= 15 is 0 Å². The van der Waals surface area contributed by atoms with Gasteiger partial charge in [-0.2, -0.15) is 0 Å². The summed E-state index contributed by atoms with van der Waals surface area (Å²) < 4.78 is 10.4. The van der Waals surface area contributed by atoms with E-state index in [1.54, 1.807) is 7.11 Å². The fraction of sp³-hybridized carbons (Fsp3) is 0.562. The molecular formula is C16H24N2O3. The number of likely N-dealkylation sites (tertiary alicyclic amines) is 1. The molecule has 1 aromatic carbocycles. The molecule has 1 N–H and O–H groups in total. The molecule has 1 aromatic rings. The highest BCUT2D eigenvalue weighted by molar-refractivity contribution is 5.92. The van der Waals surface area contributed by atoms with Gasteiger partial charge in [0.1, 0.15) is 12.4 Å². The SMILES string of the molecule is COCCOc1ccc(NC(=O)CN2CCCCC2)cc1. The van der Waals surface area contributed by atoms with Crippen molar-refractivity contribution < 1.29 is 14.3 Å². The summed E-state index contributed by atoms with van der Waals surface area (Å²) in [6.07, 6.45) is 3.67. The molecule has 0 bridgehead atoms. The fourth-order valence-corrected chi connectivity index (χ4v) is 2.40. The smallest absolute Gasteiger partial charge is 0.238 e. The monoisotopic (exact) mass is 292 g/mol. The first-order chi connectivity index (χ1) is 10.3. The van der Waals surface area contributed by atoms with Gasteiger partial charge in [-0.05, 0) is 50.2 Å². The molecule has 5 heteroatoms. The maximum Gasteiger partial charge on any atom is 0.238 e. The second kappa shape index (κ2) is 8.64. The van der Waals surface area contributed by atoms with E-state index in [2.05, 4.69) is 10.2 Å². The maximum absolute atomic E-state index is 12.0. The number of benzene rings is 1. The summed E-state index contributed by atoms with van der Waals surface area (Å²) in [5.74, 6) is 0.825. The minimum absolute atomic E-state index is 0.0463. The van der Waals surface area contributed by atoms with Gasteiger partial charge >= 0.3 is 0 Å². The third-order valence-corrected chi connectivity index (χ3v) is 3.51. The number of nitrogens with zero attached hydrogens (tertiary/aromatic N) is 1. The van der Waals surface area contributed by atoms with Gasteiger partial charge in [-0.25, -0.2) is 0 Å². The molecule has 1 heterocycles. The number of anilines is 1. The first kappa shape index (κ1) is 15.8. The Hall–Kier alpha value is -1.59. The van der Waals surface area contributed by atoms with Gasteiger partial charge in [-0.1, -0.05) is 6.42 Å². The minimum Gasteiger partial charge on any atom is -0.491 e. The number of rotatable bonds is 7. The lowest BCUT2D eigenvalue weighted by molar-refractivity contribution is -0.117. The second-order valence-corrected chi connectivity index (χ2v) is 5.25. The maximum atomic E-state index is 12.0. The number of nitrogens with one attached hydrogen (secondary N) is 1. The Labute approximate surface area is 126 Å². The summed E-state index contributed by atoms with van der Waals surface area (Å²) in [6.45, 7) is 3.62. The molecule has 0 atom stereocenters. The Kier molecular flexibility index (Phi) is 6.50. The summed E-state index contributed by atoms with van der Waals surface area (Å²) in [6, 6.07) is 7.42. The molecule has 0 aromatic heterocycles. The van der Waals surface area contributed by atoms with Crippen molar-refractivity contribution in [3.05, 3.63) is 24.3 Å². The van der Waals surface area contributed by atoms with Crippen LogP contribution < -0.4 is 10.1 Å². The highest BCUT2D eigenvalue weighted by Gasteiger charge is 2.13. The van der Waals surface area contributed by atoms with Crippen LogP contribution >= 0.6 is 0 Å². The van der Waals surface area contributed by atoms with E-state index in [9.17, 15) is 4.79 Å². The lowest BCUT2D eigenvalue weighted by atomic mass is 10.1. The summed E-state index contributed by atoms with van der Waals surface area (Å²) in [5.41, 5.74) is 0.802. The van der Waals surface area contributed by atoms with E-state index in [1.165, 1.54) is 19.3 Å². The van der Waals surface area contributed by atoms with E-state index in [0.29, 0.717) is 19.8 Å². The standard InChI is InChI=1S/C16H24N2O3/c1-20-11-12-21-15-7-5-14(6-8-15)17-16(19)13-18-9-3-2-4-10-18/h5-8H,2-4,9-13H2,1H3,(H,17,19). The largest absolute Gasteiger partial charge is 0.491 e. The number of ether oxygens (including phenoxy) is 2. The van der Waals surface area contributed by atoms with Crippen LogP contribution in [0, 0.1) is 0 Å². The Morgan fingerprint density at radius 2 is 1.86 bits per heavy atom. The predicted molar refractivity (Wildman–Crippen MR) is 82.7 cm³/mol. The number of hydrogen-bond acceptors (Lipinski definition) is 4. The molecule has 1 aliphatic heterocycles. The van der Waals surface area contributed by atoms with Crippen molar-refractivity contribution in [2.75, 3.05) is 45.3 Å². The van der Waals surface area contributed by atoms with E-state index in [4.69, 9.17) is 9.47 Å². The summed E-state index contributed by atoms with van der Waals surface area (Å²) in [7, 11) is 1.64. The average molecular weight is 292 g/mol. The van der Waals surface area contributed by atoms with Crippen LogP contribution in [-0.4, -0.2) is 50.8 Å². The van der Waals surface area contributed by atoms with Crippen molar-refractivity contribution in [3.63, 3.8) is 0 Å². The van der Waals surface area contributed by atoms with Gasteiger partial charge < -0.3 is 14.8 Å². The molecule has 0 radical (unpaired) electrons. The van der Waals surface area contributed by atoms with E-state index < -0.39 is 0 Å². The normalized spacial score (nSPS) is 15.7. The molecule has 0 saturated carbocycles. The molecule has 1 amide bonds. The number of amides is 1. The number of hydrogen-bond donors (Lipinski definition) is 1. The van der Waals surface area contributed by atoms with Gasteiger partial charge in [-0.3, -0.25) is 9.69 Å². The zero-order chi connectivity index (χ0) is 14.9. The first-order valence-corrected chi connectivity index (χ1v) is 7.52. The highest BCUT2D eigenvalue weighted by Crippen LogP contribution is 2.16. The highest BCUT2D eigenvalue weighted by atomic mass is 16.5. The van der Waals surface area contributed by atoms with Gasteiger partial charge in [0, 0.05) is 12.8 Å². The molecule has 1 saturated heterocycles. The van der Waals surface area contributed by atoms with E-state index in [-0.39, 0.29) is 5.91 Å². The van der Waals surface area contributed by atoms with E-state index in [1.807, 2.05) is 24.3 Å². The van der Waals surface area contributed by atoms with Crippen molar-refractivity contribution in [1.82, 2.24) is 4.90 Å². The molecule has 116 valence electrons. The van der Waals surface area contributed by atoms with Crippen LogP contribution in [0.3, 0.4) is 0 Å². The number of carbonyl (C=O) groups is 1. The molecule has 21 heavy (non-hydrogen) atoms. The molecule has 1 aliphatic rings. The Morgan fingerprint density at radius 3 is 2.52 bits per heavy atom. The van der Waals surface area contributed by atoms with Crippen LogP contribution in [0.2, 0.25) is 0 Å². The Bertz CT molecular complexity index is 428. The van der Waals surface area contributed by atoms with Crippen LogP contribution in [0.1, 0.15) is 19.3 Å². The van der Waals surface area contributed by atoms with Crippen LogP contribution in [0.5, 0.6) is 5.75 Å². The summed E-state index contributed by atoms with van der Waals surface area (Å²) in [4.78, 5) is 14.2. The van der Waals surface area contributed by atoms with Crippen molar-refractivity contribution in [2.24, 2.45) is 0 Å². The average Bonchev–Trinajstić information content (AvgIpc) is 2.50. The van der Waals surface area contributed by atoms with Gasteiger partial charge in [0.05, 0.1) is 13.2 Å². The number of methoxy groups -OCH3 is 1. The molecule has 0 spiro atoms. The Morgan fingerprint density at radius 1 is 1.14 bits per heavy atom. The van der Waals surface area contributed by atoms with Gasteiger partial charge in [-0.15, -0.1) is 0 Å². The van der Waals surface area contributed by atoms with Gasteiger partial charge in [0.15, 0.2) is 0 Å². The topological polar surface area (TPSA) is 50.8 Å². The number of piperidine rings is 1. The van der Waals surface area contributed by atoms with Crippen LogP contribution in [0.25, 0.3) is 0 Å². The molecule has 0 unspecified atom stereocenters. The van der Waals surface area contributed by atoms with Gasteiger partial charge in [0.25, 0.3) is 0 Å². The molecule has 5 nitrogen and oxygen atoms in total. The zero-order valence-corrected chi connectivity index (χ0v) is 12.6. The van der Waals surface area contributed by atoms with Crippen molar-refractivity contribution in [1.29, 1.82) is 0 Å². The van der Waals surface area contributed by atoms with Gasteiger partial charge in [0.2, 0.25) is 5.91 Å². The lowest BCUT2D eigenvalue weighted by Gasteiger charge is -2.25. The molecule has 2 rings (SSSR count). The zero-order valence-electron chi connectivity index (χ0n) is 12.6. The minimum atomic E-state index is 0.0463. The molecule has 1 fully saturated rings. The predicted octanol–water partition coefficient (Wildman–Crippen LogP) is 2.14. The van der Waals surface area contributed by atoms with Crippen molar-refractivity contribution in [2.45, 2.75) is 19.3 Å². The van der Waals surface area contributed by atoms with E-state index in [0.717, 1.165) is 24.5 Å². The molecular weight excluding hydrogens is 268 g/mol. The fourth-order valence-electron chi connectivity index (χ4n) is 2.40. The summed E-state index contributed by atoms with van der Waals surface area (Å²) >= 11 is 0. The Balaban J connectivity index is 1.75. The third kappa shape index (κ3) is 5.73. The number of carbonyl (C=O) groups excluding carboxylic acids is 1. The van der Waals surface area contributed by atoms with Crippen LogP contribution in [0.15, 0.2) is 24.3 Å².